The molecule has 1 heterocycles. The maximum Gasteiger partial charge on any atom is 0.181 e. The topological polar surface area (TPSA) is 39.9 Å². The lowest BCUT2D eigenvalue weighted by atomic mass is 10.2. The first kappa shape index (κ1) is 14.1. The minimum Gasteiger partial charge on any atom is -0.496 e. The molecule has 0 fully saturated rings. The van der Waals surface area contributed by atoms with Crippen molar-refractivity contribution in [1.82, 2.24) is 14.8 Å². The van der Waals surface area contributed by atoms with Crippen LogP contribution in [0.4, 0.5) is 0 Å². The van der Waals surface area contributed by atoms with E-state index in [2.05, 4.69) is 44.8 Å². The van der Waals surface area contributed by atoms with Gasteiger partial charge in [-0.25, -0.2) is 9.67 Å². The predicted octanol–water partition coefficient (Wildman–Crippen LogP) is 3.61. The van der Waals surface area contributed by atoms with E-state index in [1.54, 1.807) is 13.4 Å². The van der Waals surface area contributed by atoms with Crippen molar-refractivity contribution in [2.75, 3.05) is 7.11 Å². The molecule has 0 spiro atoms. The summed E-state index contributed by atoms with van der Waals surface area (Å²) in [6.07, 6.45) is 1.75. The van der Waals surface area contributed by atoms with Crippen LogP contribution in [-0.4, -0.2) is 21.9 Å². The number of hydrogen-bond acceptors (Lipinski definition) is 3. The summed E-state index contributed by atoms with van der Waals surface area (Å²) in [6, 6.07) is 16.1. The third kappa shape index (κ3) is 3.24. The van der Waals surface area contributed by atoms with E-state index < -0.39 is 0 Å². The van der Waals surface area contributed by atoms with Gasteiger partial charge in [0.15, 0.2) is 5.82 Å². The number of para-hydroxylation sites is 1. The predicted molar refractivity (Wildman–Crippen MR) is 90.3 cm³/mol. The fraction of sp³-hybridized carbons (Fsp3) is 0.125. The van der Waals surface area contributed by atoms with Crippen molar-refractivity contribution in [3.05, 3.63) is 64.0 Å². The second-order valence-corrected chi connectivity index (χ2v) is 5.83. The molecule has 2 aromatic carbocycles. The highest BCUT2D eigenvalue weighted by atomic mass is 127. The van der Waals surface area contributed by atoms with Gasteiger partial charge in [-0.15, -0.1) is 0 Å². The first-order valence-corrected chi connectivity index (χ1v) is 7.61. The van der Waals surface area contributed by atoms with Crippen LogP contribution in [0.3, 0.4) is 0 Å². The van der Waals surface area contributed by atoms with Gasteiger partial charge in [-0.3, -0.25) is 0 Å². The molecular formula is C16H14IN3O. The zero-order valence-electron chi connectivity index (χ0n) is 11.5. The van der Waals surface area contributed by atoms with Gasteiger partial charge in [0.1, 0.15) is 12.1 Å². The lowest BCUT2D eigenvalue weighted by Crippen LogP contribution is -2.02. The molecule has 21 heavy (non-hydrogen) atoms. The Morgan fingerprint density at radius 1 is 1.10 bits per heavy atom. The van der Waals surface area contributed by atoms with Crippen LogP contribution in [0.1, 0.15) is 5.56 Å². The molecule has 0 saturated heterocycles. The van der Waals surface area contributed by atoms with E-state index in [4.69, 9.17) is 4.74 Å². The quantitative estimate of drug-likeness (QED) is 0.638. The van der Waals surface area contributed by atoms with E-state index in [9.17, 15) is 0 Å². The van der Waals surface area contributed by atoms with Gasteiger partial charge in [-0.05, 0) is 40.8 Å². The van der Waals surface area contributed by atoms with Crippen LogP contribution in [0.5, 0.6) is 5.75 Å². The van der Waals surface area contributed by atoms with Gasteiger partial charge in [-0.1, -0.05) is 30.3 Å². The maximum absolute atomic E-state index is 5.36. The first-order valence-electron chi connectivity index (χ1n) is 6.53. The van der Waals surface area contributed by atoms with E-state index in [1.165, 1.54) is 3.57 Å². The second-order valence-electron chi connectivity index (χ2n) is 4.58. The average molecular weight is 391 g/mol. The molecule has 0 aliphatic heterocycles. The highest BCUT2D eigenvalue weighted by molar-refractivity contribution is 14.1. The summed E-state index contributed by atoms with van der Waals surface area (Å²) in [5.41, 5.74) is 2.10. The number of rotatable bonds is 4. The van der Waals surface area contributed by atoms with Gasteiger partial charge in [0.2, 0.25) is 0 Å². The summed E-state index contributed by atoms with van der Waals surface area (Å²) < 4.78 is 8.38. The molecule has 3 aromatic rings. The van der Waals surface area contributed by atoms with Crippen LogP contribution < -0.4 is 4.74 Å². The number of benzene rings is 2. The minimum absolute atomic E-state index is 0.640. The smallest absolute Gasteiger partial charge is 0.181 e. The van der Waals surface area contributed by atoms with Crippen LogP contribution >= 0.6 is 22.6 Å². The van der Waals surface area contributed by atoms with Gasteiger partial charge >= 0.3 is 0 Å². The van der Waals surface area contributed by atoms with Crippen LogP contribution in [-0.2, 0) is 6.54 Å². The van der Waals surface area contributed by atoms with Crippen molar-refractivity contribution in [2.24, 2.45) is 0 Å². The summed E-state index contributed by atoms with van der Waals surface area (Å²) >= 11 is 2.28. The van der Waals surface area contributed by atoms with Crippen molar-refractivity contribution in [1.29, 1.82) is 0 Å². The molecule has 3 rings (SSSR count). The molecular weight excluding hydrogens is 377 g/mol. The number of aromatic nitrogens is 3. The highest BCUT2D eigenvalue weighted by Gasteiger charge is 2.07. The molecule has 0 bridgehead atoms. The molecule has 0 aliphatic rings. The third-order valence-corrected chi connectivity index (χ3v) is 3.88. The molecule has 0 aliphatic carbocycles. The standard InChI is InChI=1S/C16H14IN3O/c1-21-15-5-3-2-4-13(15)10-20-11-18-16(19-20)12-6-8-14(17)9-7-12/h2-9,11H,10H2,1H3. The third-order valence-electron chi connectivity index (χ3n) is 3.16. The summed E-state index contributed by atoms with van der Waals surface area (Å²) in [5, 5.41) is 4.53. The number of hydrogen-bond donors (Lipinski definition) is 0. The van der Waals surface area contributed by atoms with Crippen molar-refractivity contribution in [3.8, 4) is 17.1 Å². The molecule has 0 radical (unpaired) electrons. The fourth-order valence-electron chi connectivity index (χ4n) is 2.11. The highest BCUT2D eigenvalue weighted by Crippen LogP contribution is 2.20. The average Bonchev–Trinajstić information content (AvgIpc) is 2.97. The van der Waals surface area contributed by atoms with Crippen molar-refractivity contribution in [2.45, 2.75) is 6.54 Å². The normalized spacial score (nSPS) is 10.6. The van der Waals surface area contributed by atoms with E-state index in [0.29, 0.717) is 6.54 Å². The van der Waals surface area contributed by atoms with Gasteiger partial charge in [0.05, 0.1) is 13.7 Å². The maximum atomic E-state index is 5.36. The Kier molecular flexibility index (Phi) is 4.19. The summed E-state index contributed by atoms with van der Waals surface area (Å²) in [6.45, 7) is 0.640. The molecule has 5 heteroatoms. The molecule has 0 saturated carbocycles. The first-order chi connectivity index (χ1) is 10.3. The van der Waals surface area contributed by atoms with Crippen molar-refractivity contribution in [3.63, 3.8) is 0 Å². The molecule has 0 amide bonds. The lowest BCUT2D eigenvalue weighted by Gasteiger charge is -2.07. The molecule has 0 atom stereocenters. The van der Waals surface area contributed by atoms with Crippen LogP contribution in [0.25, 0.3) is 11.4 Å². The van der Waals surface area contributed by atoms with Gasteiger partial charge in [0.25, 0.3) is 0 Å². The Morgan fingerprint density at radius 3 is 2.62 bits per heavy atom. The molecule has 106 valence electrons. The second kappa shape index (κ2) is 6.26. The zero-order valence-corrected chi connectivity index (χ0v) is 13.7. The fourth-order valence-corrected chi connectivity index (χ4v) is 2.47. The van der Waals surface area contributed by atoms with Gasteiger partial charge < -0.3 is 4.74 Å². The largest absolute Gasteiger partial charge is 0.496 e. The van der Waals surface area contributed by atoms with Crippen LogP contribution in [0, 0.1) is 3.57 Å². The van der Waals surface area contributed by atoms with Crippen LogP contribution in [0.2, 0.25) is 0 Å². The Labute approximate surface area is 136 Å². The molecule has 4 nitrogen and oxygen atoms in total. The number of ether oxygens (including phenoxy) is 1. The van der Waals surface area contributed by atoms with E-state index in [-0.39, 0.29) is 0 Å². The van der Waals surface area contributed by atoms with Crippen LogP contribution in [0.15, 0.2) is 54.9 Å². The lowest BCUT2D eigenvalue weighted by molar-refractivity contribution is 0.407. The van der Waals surface area contributed by atoms with E-state index >= 15 is 0 Å². The van der Waals surface area contributed by atoms with E-state index in [1.807, 2.05) is 41.1 Å². The summed E-state index contributed by atoms with van der Waals surface area (Å²) in [4.78, 5) is 4.38. The van der Waals surface area contributed by atoms with Gasteiger partial charge in [-0.2, -0.15) is 5.10 Å². The Bertz CT molecular complexity index is 737. The Morgan fingerprint density at radius 2 is 1.86 bits per heavy atom. The number of nitrogens with zero attached hydrogens (tertiary/aromatic N) is 3. The summed E-state index contributed by atoms with van der Waals surface area (Å²) in [7, 11) is 1.68. The van der Waals surface area contributed by atoms with Crippen molar-refractivity contribution >= 4 is 22.6 Å². The summed E-state index contributed by atoms with van der Waals surface area (Å²) in [5.74, 6) is 1.60. The monoisotopic (exact) mass is 391 g/mol. The van der Waals surface area contributed by atoms with Crippen molar-refractivity contribution < 1.29 is 4.74 Å². The van der Waals surface area contributed by atoms with E-state index in [0.717, 1.165) is 22.7 Å². The SMILES string of the molecule is COc1ccccc1Cn1cnc(-c2ccc(I)cc2)n1. The number of methoxy groups -OCH3 is 1. The molecule has 1 aromatic heterocycles. The Balaban J connectivity index is 1.83. The molecule has 0 N–H and O–H groups in total. The zero-order chi connectivity index (χ0) is 14.7. The Hall–Kier alpha value is -1.89. The number of halogens is 1. The minimum atomic E-state index is 0.640. The molecule has 0 unspecified atom stereocenters. The van der Waals surface area contributed by atoms with Gasteiger partial charge in [0, 0.05) is 14.7 Å².